The summed E-state index contributed by atoms with van der Waals surface area (Å²) >= 11 is 1.62. The van der Waals surface area contributed by atoms with Gasteiger partial charge in [0.25, 0.3) is 0 Å². The predicted octanol–water partition coefficient (Wildman–Crippen LogP) is 3.74. The highest BCUT2D eigenvalue weighted by molar-refractivity contribution is 7.99. The summed E-state index contributed by atoms with van der Waals surface area (Å²) in [7, 11) is 0. The first-order valence-electron chi connectivity index (χ1n) is 6.84. The summed E-state index contributed by atoms with van der Waals surface area (Å²) in [6, 6.07) is 6.91. The highest BCUT2D eigenvalue weighted by Crippen LogP contribution is 2.28. The Kier molecular flexibility index (Phi) is 5.15. The summed E-state index contributed by atoms with van der Waals surface area (Å²) in [4.78, 5) is 10.1. The van der Waals surface area contributed by atoms with Crippen LogP contribution in [0.1, 0.15) is 30.5 Å². The molecule has 3 nitrogen and oxygen atoms in total. The van der Waals surface area contributed by atoms with Gasteiger partial charge < -0.3 is 5.32 Å². The van der Waals surface area contributed by atoms with E-state index < -0.39 is 0 Å². The van der Waals surface area contributed by atoms with Crippen LogP contribution in [-0.4, -0.2) is 16.0 Å². The molecule has 4 heteroatoms. The van der Waals surface area contributed by atoms with Crippen molar-refractivity contribution >= 4 is 11.8 Å². The van der Waals surface area contributed by atoms with Crippen molar-refractivity contribution in [1.82, 2.24) is 15.3 Å². The average Bonchev–Trinajstić information content (AvgIpc) is 2.42. The second kappa shape index (κ2) is 6.86. The molecule has 20 heavy (non-hydrogen) atoms. The topological polar surface area (TPSA) is 37.8 Å². The maximum absolute atomic E-state index is 4.43. The maximum atomic E-state index is 4.43. The van der Waals surface area contributed by atoms with Crippen molar-refractivity contribution in [1.29, 1.82) is 0 Å². The number of benzene rings is 1. The fraction of sp³-hybridized carbons (Fsp3) is 0.375. The fourth-order valence-corrected chi connectivity index (χ4v) is 2.61. The van der Waals surface area contributed by atoms with Crippen LogP contribution >= 0.6 is 11.8 Å². The number of aromatic nitrogens is 2. The van der Waals surface area contributed by atoms with Crippen molar-refractivity contribution in [3.8, 4) is 0 Å². The van der Waals surface area contributed by atoms with Gasteiger partial charge in [-0.25, -0.2) is 9.97 Å². The first kappa shape index (κ1) is 15.0. The molecule has 0 saturated carbocycles. The maximum Gasteiger partial charge on any atom is 0.192 e. The normalized spacial score (nSPS) is 11.1. The molecule has 0 radical (unpaired) electrons. The summed E-state index contributed by atoms with van der Waals surface area (Å²) in [6.07, 6.45) is 3.80. The van der Waals surface area contributed by atoms with E-state index in [1.807, 2.05) is 12.4 Å². The lowest BCUT2D eigenvalue weighted by Gasteiger charge is -2.08. The lowest BCUT2D eigenvalue weighted by molar-refractivity contribution is 0.585. The quantitative estimate of drug-likeness (QED) is 0.850. The molecule has 0 unspecified atom stereocenters. The summed E-state index contributed by atoms with van der Waals surface area (Å²) < 4.78 is 0. The van der Waals surface area contributed by atoms with Gasteiger partial charge in [-0.15, -0.1) is 0 Å². The zero-order chi connectivity index (χ0) is 14.5. The molecule has 0 bridgehead atoms. The second-order valence-electron chi connectivity index (χ2n) is 5.28. The molecule has 0 aliphatic carbocycles. The SMILES string of the molecule is Cc1ccc(C)c(Sc2ncc(CNC(C)C)cn2)c1. The van der Waals surface area contributed by atoms with Gasteiger partial charge in [0, 0.05) is 35.4 Å². The van der Waals surface area contributed by atoms with Crippen LogP contribution in [0.5, 0.6) is 0 Å². The number of nitrogens with one attached hydrogen (secondary N) is 1. The van der Waals surface area contributed by atoms with Crippen LogP contribution in [0.3, 0.4) is 0 Å². The van der Waals surface area contributed by atoms with E-state index in [0.29, 0.717) is 6.04 Å². The molecule has 0 atom stereocenters. The van der Waals surface area contributed by atoms with Gasteiger partial charge in [0.1, 0.15) is 0 Å². The van der Waals surface area contributed by atoms with Gasteiger partial charge in [-0.05, 0) is 42.8 Å². The van der Waals surface area contributed by atoms with Gasteiger partial charge in [0.2, 0.25) is 0 Å². The Bertz CT molecular complexity index is 564. The summed E-state index contributed by atoms with van der Waals surface area (Å²) in [5, 5.41) is 4.16. The average molecular weight is 287 g/mol. The highest BCUT2D eigenvalue weighted by atomic mass is 32.2. The Morgan fingerprint density at radius 3 is 2.50 bits per heavy atom. The minimum atomic E-state index is 0.471. The van der Waals surface area contributed by atoms with E-state index in [1.54, 1.807) is 11.8 Å². The number of hydrogen-bond acceptors (Lipinski definition) is 4. The molecular formula is C16H21N3S. The van der Waals surface area contributed by atoms with Gasteiger partial charge >= 0.3 is 0 Å². The molecule has 0 amide bonds. The molecule has 0 saturated heterocycles. The molecule has 106 valence electrons. The Balaban J connectivity index is 2.05. The van der Waals surface area contributed by atoms with Crippen LogP contribution < -0.4 is 5.32 Å². The molecule has 1 aromatic carbocycles. The molecular weight excluding hydrogens is 266 g/mol. The fourth-order valence-electron chi connectivity index (χ4n) is 1.72. The van der Waals surface area contributed by atoms with Crippen molar-refractivity contribution in [3.63, 3.8) is 0 Å². The monoisotopic (exact) mass is 287 g/mol. The molecule has 0 aliphatic rings. The van der Waals surface area contributed by atoms with Crippen LogP contribution in [0.4, 0.5) is 0 Å². The second-order valence-corrected chi connectivity index (χ2v) is 6.29. The molecule has 1 N–H and O–H groups in total. The Morgan fingerprint density at radius 1 is 1.15 bits per heavy atom. The van der Waals surface area contributed by atoms with E-state index in [0.717, 1.165) is 17.3 Å². The zero-order valence-electron chi connectivity index (χ0n) is 12.5. The molecule has 0 aliphatic heterocycles. The van der Waals surface area contributed by atoms with E-state index in [1.165, 1.54) is 16.0 Å². The molecule has 2 aromatic rings. The van der Waals surface area contributed by atoms with Gasteiger partial charge in [0.15, 0.2) is 5.16 Å². The highest BCUT2D eigenvalue weighted by Gasteiger charge is 2.04. The Labute approximate surface area is 125 Å². The standard InChI is InChI=1S/C16H21N3S/c1-11(2)17-8-14-9-18-16(19-10-14)20-15-7-12(3)5-6-13(15)4/h5-7,9-11,17H,8H2,1-4H3. The molecule has 1 heterocycles. The van der Waals surface area contributed by atoms with E-state index in [2.05, 4.69) is 61.2 Å². The van der Waals surface area contributed by atoms with Crippen molar-refractivity contribution < 1.29 is 0 Å². The van der Waals surface area contributed by atoms with E-state index >= 15 is 0 Å². The first-order chi connectivity index (χ1) is 9.54. The molecule has 0 fully saturated rings. The van der Waals surface area contributed by atoms with Gasteiger partial charge in [-0.2, -0.15) is 0 Å². The minimum Gasteiger partial charge on any atom is -0.310 e. The Morgan fingerprint density at radius 2 is 1.85 bits per heavy atom. The van der Waals surface area contributed by atoms with Crippen LogP contribution in [0.2, 0.25) is 0 Å². The van der Waals surface area contributed by atoms with E-state index in [4.69, 9.17) is 0 Å². The summed E-state index contributed by atoms with van der Waals surface area (Å²) in [5.41, 5.74) is 3.63. The third kappa shape index (κ3) is 4.32. The Hall–Kier alpha value is -1.39. The van der Waals surface area contributed by atoms with Crippen LogP contribution in [0.25, 0.3) is 0 Å². The van der Waals surface area contributed by atoms with Crippen molar-refractivity contribution in [2.24, 2.45) is 0 Å². The minimum absolute atomic E-state index is 0.471. The lowest BCUT2D eigenvalue weighted by atomic mass is 10.2. The van der Waals surface area contributed by atoms with Crippen molar-refractivity contribution in [3.05, 3.63) is 47.3 Å². The predicted molar refractivity (Wildman–Crippen MR) is 84.0 cm³/mol. The smallest absolute Gasteiger partial charge is 0.192 e. The zero-order valence-corrected chi connectivity index (χ0v) is 13.3. The number of nitrogens with zero attached hydrogens (tertiary/aromatic N) is 2. The van der Waals surface area contributed by atoms with Crippen LogP contribution in [-0.2, 0) is 6.54 Å². The lowest BCUT2D eigenvalue weighted by Crippen LogP contribution is -2.21. The number of hydrogen-bond donors (Lipinski definition) is 1. The number of aryl methyl sites for hydroxylation is 2. The molecule has 0 spiro atoms. The third-order valence-electron chi connectivity index (χ3n) is 2.94. The van der Waals surface area contributed by atoms with E-state index in [9.17, 15) is 0 Å². The molecule has 2 rings (SSSR count). The largest absolute Gasteiger partial charge is 0.310 e. The summed E-state index contributed by atoms with van der Waals surface area (Å²) in [5.74, 6) is 0. The van der Waals surface area contributed by atoms with Crippen molar-refractivity contribution in [2.75, 3.05) is 0 Å². The van der Waals surface area contributed by atoms with Crippen LogP contribution in [0.15, 0.2) is 40.6 Å². The molecule has 1 aromatic heterocycles. The number of rotatable bonds is 5. The van der Waals surface area contributed by atoms with Gasteiger partial charge in [0.05, 0.1) is 0 Å². The van der Waals surface area contributed by atoms with E-state index in [-0.39, 0.29) is 0 Å². The van der Waals surface area contributed by atoms with Gasteiger partial charge in [-0.3, -0.25) is 0 Å². The van der Waals surface area contributed by atoms with Crippen molar-refractivity contribution in [2.45, 2.75) is 50.3 Å². The first-order valence-corrected chi connectivity index (χ1v) is 7.65. The van der Waals surface area contributed by atoms with Gasteiger partial charge in [-0.1, -0.05) is 26.0 Å². The third-order valence-corrected chi connectivity index (χ3v) is 3.99. The van der Waals surface area contributed by atoms with Crippen LogP contribution in [0, 0.1) is 13.8 Å². The summed E-state index contributed by atoms with van der Waals surface area (Å²) in [6.45, 7) is 9.29.